The lowest BCUT2D eigenvalue weighted by Crippen LogP contribution is -2.60. The van der Waals surface area contributed by atoms with Gasteiger partial charge in [0.05, 0.1) is 6.10 Å². The molecule has 19 heavy (non-hydrogen) atoms. The molecule has 4 aliphatic rings. The molecule has 0 heterocycles. The van der Waals surface area contributed by atoms with Gasteiger partial charge < -0.3 is 10.4 Å². The van der Waals surface area contributed by atoms with Gasteiger partial charge in [-0.05, 0) is 73.7 Å². The number of aliphatic hydroxyl groups excluding tert-OH is 1. The van der Waals surface area contributed by atoms with E-state index in [0.29, 0.717) is 10.8 Å². The molecule has 4 rings (SSSR count). The lowest BCUT2D eigenvalue weighted by molar-refractivity contribution is -0.190. The Balaban J connectivity index is 1.93. The molecule has 0 aromatic heterocycles. The van der Waals surface area contributed by atoms with Crippen molar-refractivity contribution in [3.05, 3.63) is 0 Å². The van der Waals surface area contributed by atoms with Crippen LogP contribution in [0.2, 0.25) is 0 Å². The molecule has 0 radical (unpaired) electrons. The zero-order chi connectivity index (χ0) is 13.9. The third-order valence-corrected chi connectivity index (χ3v) is 6.80. The van der Waals surface area contributed by atoms with Gasteiger partial charge >= 0.3 is 0 Å². The molecule has 0 spiro atoms. The third-order valence-electron chi connectivity index (χ3n) is 6.80. The van der Waals surface area contributed by atoms with Crippen LogP contribution in [0.3, 0.4) is 0 Å². The molecule has 3 unspecified atom stereocenters. The van der Waals surface area contributed by atoms with Crippen LogP contribution in [-0.2, 0) is 0 Å². The molecule has 4 aliphatic carbocycles. The number of hydrogen-bond acceptors (Lipinski definition) is 2. The van der Waals surface area contributed by atoms with E-state index in [-0.39, 0.29) is 11.5 Å². The van der Waals surface area contributed by atoms with Crippen LogP contribution < -0.4 is 5.32 Å². The average Bonchev–Trinajstić information content (AvgIpc) is 2.25. The van der Waals surface area contributed by atoms with Crippen molar-refractivity contribution < 1.29 is 5.11 Å². The van der Waals surface area contributed by atoms with Gasteiger partial charge in [-0.2, -0.15) is 0 Å². The minimum Gasteiger partial charge on any atom is -0.391 e. The summed E-state index contributed by atoms with van der Waals surface area (Å²) in [5, 5.41) is 13.9. The van der Waals surface area contributed by atoms with Gasteiger partial charge in [0.15, 0.2) is 0 Å². The molecule has 0 aromatic rings. The molecule has 0 saturated heterocycles. The fraction of sp³-hybridized carbons (Fsp3) is 1.00. The molecular weight excluding hydrogens is 234 g/mol. The van der Waals surface area contributed by atoms with E-state index >= 15 is 0 Å². The maximum absolute atomic E-state index is 10.7. The van der Waals surface area contributed by atoms with Gasteiger partial charge in [-0.25, -0.2) is 0 Å². The summed E-state index contributed by atoms with van der Waals surface area (Å²) < 4.78 is 0. The number of rotatable bonds is 3. The second kappa shape index (κ2) is 4.21. The van der Waals surface area contributed by atoms with Crippen molar-refractivity contribution in [3.63, 3.8) is 0 Å². The van der Waals surface area contributed by atoms with Gasteiger partial charge in [0, 0.05) is 6.54 Å². The van der Waals surface area contributed by atoms with Gasteiger partial charge in [0.1, 0.15) is 0 Å². The fourth-order valence-corrected chi connectivity index (χ4v) is 6.01. The van der Waals surface area contributed by atoms with Gasteiger partial charge in [0.25, 0.3) is 0 Å². The normalized spacial score (nSPS) is 46.6. The number of likely N-dealkylation sites (N-methyl/N-ethyl adjacent to an activating group) is 1. The van der Waals surface area contributed by atoms with E-state index in [9.17, 15) is 5.11 Å². The Morgan fingerprint density at radius 1 is 1.16 bits per heavy atom. The Morgan fingerprint density at radius 2 is 1.74 bits per heavy atom. The molecular formula is C17H31NO. The Labute approximate surface area is 118 Å². The van der Waals surface area contributed by atoms with Gasteiger partial charge in [-0.3, -0.25) is 0 Å². The van der Waals surface area contributed by atoms with Crippen LogP contribution in [-0.4, -0.2) is 24.8 Å². The molecule has 4 saturated carbocycles. The van der Waals surface area contributed by atoms with Crippen molar-refractivity contribution in [1.29, 1.82) is 0 Å². The van der Waals surface area contributed by atoms with Crippen molar-refractivity contribution in [2.45, 2.75) is 65.4 Å². The predicted octanol–water partition coefficient (Wildman–Crippen LogP) is 3.20. The number of hydrogen-bond donors (Lipinski definition) is 2. The Kier molecular flexibility index (Phi) is 3.07. The topological polar surface area (TPSA) is 32.3 Å². The highest BCUT2D eigenvalue weighted by molar-refractivity contribution is 5.12. The van der Waals surface area contributed by atoms with E-state index in [1.807, 2.05) is 7.05 Å². The SMILES string of the molecule is CNCC(O)C12CC3CC(C1)CC(C(C)(C)C)(C3)C2. The molecule has 4 fully saturated rings. The van der Waals surface area contributed by atoms with Crippen LogP contribution in [0.4, 0.5) is 0 Å². The first-order valence-corrected chi connectivity index (χ1v) is 8.13. The Morgan fingerprint density at radius 3 is 2.21 bits per heavy atom. The maximum Gasteiger partial charge on any atom is 0.0720 e. The van der Waals surface area contributed by atoms with E-state index in [0.717, 1.165) is 18.4 Å². The molecule has 2 heteroatoms. The van der Waals surface area contributed by atoms with Crippen LogP contribution in [0.1, 0.15) is 59.3 Å². The largest absolute Gasteiger partial charge is 0.391 e. The highest BCUT2D eigenvalue weighted by Crippen LogP contribution is 2.70. The van der Waals surface area contributed by atoms with Crippen LogP contribution in [0.25, 0.3) is 0 Å². The van der Waals surface area contributed by atoms with E-state index in [2.05, 4.69) is 26.1 Å². The lowest BCUT2D eigenvalue weighted by atomic mass is 9.38. The highest BCUT2D eigenvalue weighted by Gasteiger charge is 2.62. The summed E-state index contributed by atoms with van der Waals surface area (Å²) in [7, 11) is 1.96. The predicted molar refractivity (Wildman–Crippen MR) is 78.9 cm³/mol. The van der Waals surface area contributed by atoms with Crippen LogP contribution >= 0.6 is 0 Å². The summed E-state index contributed by atoms with van der Waals surface area (Å²) in [6.45, 7) is 8.05. The lowest BCUT2D eigenvalue weighted by Gasteiger charge is -2.67. The molecule has 3 atom stereocenters. The molecule has 4 bridgehead atoms. The van der Waals surface area contributed by atoms with E-state index in [1.54, 1.807) is 0 Å². The minimum absolute atomic E-state index is 0.148. The first kappa shape index (κ1) is 13.9. The second-order valence-corrected chi connectivity index (χ2v) is 8.93. The monoisotopic (exact) mass is 265 g/mol. The quantitative estimate of drug-likeness (QED) is 0.821. The van der Waals surface area contributed by atoms with Crippen molar-refractivity contribution >= 4 is 0 Å². The Bertz CT molecular complexity index is 343. The van der Waals surface area contributed by atoms with E-state index < -0.39 is 0 Å². The van der Waals surface area contributed by atoms with Crippen molar-refractivity contribution in [2.24, 2.45) is 28.1 Å². The van der Waals surface area contributed by atoms with Crippen molar-refractivity contribution in [3.8, 4) is 0 Å². The summed E-state index contributed by atoms with van der Waals surface area (Å²) in [4.78, 5) is 0. The minimum atomic E-state index is -0.148. The molecule has 110 valence electrons. The highest BCUT2D eigenvalue weighted by atomic mass is 16.3. The fourth-order valence-electron chi connectivity index (χ4n) is 6.01. The summed E-state index contributed by atoms with van der Waals surface area (Å²) in [6, 6.07) is 0. The maximum atomic E-state index is 10.7. The van der Waals surface area contributed by atoms with E-state index in [1.165, 1.54) is 38.5 Å². The second-order valence-electron chi connectivity index (χ2n) is 8.93. The average molecular weight is 265 g/mol. The molecule has 0 aromatic carbocycles. The molecule has 2 N–H and O–H groups in total. The summed E-state index contributed by atoms with van der Waals surface area (Å²) in [5.74, 6) is 1.76. The first-order chi connectivity index (χ1) is 8.80. The number of aliphatic hydroxyl groups is 1. The van der Waals surface area contributed by atoms with Crippen LogP contribution in [0, 0.1) is 28.1 Å². The first-order valence-electron chi connectivity index (χ1n) is 8.13. The standard InChI is InChI=1S/C17H31NO/c1-15(2,3)17-8-12-5-13(9-17)7-16(6-12,11-17)14(19)10-18-4/h12-14,18-19H,5-11H2,1-4H3. The van der Waals surface area contributed by atoms with Crippen LogP contribution in [0.15, 0.2) is 0 Å². The summed E-state index contributed by atoms with van der Waals surface area (Å²) in [5.41, 5.74) is 1.10. The smallest absolute Gasteiger partial charge is 0.0720 e. The van der Waals surface area contributed by atoms with E-state index in [4.69, 9.17) is 0 Å². The zero-order valence-corrected chi connectivity index (χ0v) is 13.1. The van der Waals surface area contributed by atoms with Crippen molar-refractivity contribution in [1.82, 2.24) is 5.32 Å². The van der Waals surface area contributed by atoms with Gasteiger partial charge in [0.2, 0.25) is 0 Å². The van der Waals surface area contributed by atoms with Crippen LogP contribution in [0.5, 0.6) is 0 Å². The van der Waals surface area contributed by atoms with Gasteiger partial charge in [-0.1, -0.05) is 20.8 Å². The van der Waals surface area contributed by atoms with Gasteiger partial charge in [-0.15, -0.1) is 0 Å². The zero-order valence-electron chi connectivity index (χ0n) is 13.1. The molecule has 0 amide bonds. The van der Waals surface area contributed by atoms with Crippen molar-refractivity contribution in [2.75, 3.05) is 13.6 Å². The Hall–Kier alpha value is -0.0800. The number of nitrogens with one attached hydrogen (secondary N) is 1. The summed E-state index contributed by atoms with van der Waals surface area (Å²) in [6.07, 6.45) is 7.95. The molecule has 0 aliphatic heterocycles. The summed E-state index contributed by atoms with van der Waals surface area (Å²) >= 11 is 0. The third kappa shape index (κ3) is 1.98. The molecule has 2 nitrogen and oxygen atoms in total.